The number of ether oxygens (including phenoxy) is 2. The topological polar surface area (TPSA) is 30.5 Å². The van der Waals surface area contributed by atoms with Crippen LogP contribution in [0.15, 0.2) is 12.1 Å². The van der Waals surface area contributed by atoms with Crippen LogP contribution in [-0.4, -0.2) is 24.9 Å². The van der Waals surface area contributed by atoms with Gasteiger partial charge >= 0.3 is 0 Å². The average molecular weight is 299 g/mol. The SMILES string of the molecule is CCNCc1cc(F)cc(F)c1OC1CC(C)OC(C)C1. The Morgan fingerprint density at radius 2 is 1.90 bits per heavy atom. The zero-order valence-electron chi connectivity index (χ0n) is 12.8. The molecule has 1 aliphatic rings. The van der Waals surface area contributed by atoms with Crippen LogP contribution in [0.5, 0.6) is 5.75 Å². The van der Waals surface area contributed by atoms with E-state index < -0.39 is 11.6 Å². The molecule has 0 aliphatic carbocycles. The Labute approximate surface area is 124 Å². The molecule has 0 amide bonds. The van der Waals surface area contributed by atoms with Gasteiger partial charge in [0.25, 0.3) is 0 Å². The molecule has 21 heavy (non-hydrogen) atoms. The molecule has 1 aliphatic heterocycles. The largest absolute Gasteiger partial charge is 0.487 e. The van der Waals surface area contributed by atoms with Crippen molar-refractivity contribution in [3.05, 3.63) is 29.3 Å². The van der Waals surface area contributed by atoms with Gasteiger partial charge in [0.05, 0.1) is 12.2 Å². The first-order valence-electron chi connectivity index (χ1n) is 7.50. The highest BCUT2D eigenvalue weighted by Crippen LogP contribution is 2.29. The number of hydrogen-bond donors (Lipinski definition) is 1. The Balaban J connectivity index is 2.17. The molecule has 1 N–H and O–H groups in total. The van der Waals surface area contributed by atoms with Gasteiger partial charge in [-0.15, -0.1) is 0 Å². The van der Waals surface area contributed by atoms with Crippen molar-refractivity contribution in [2.45, 2.75) is 58.5 Å². The summed E-state index contributed by atoms with van der Waals surface area (Å²) < 4.78 is 39.0. The van der Waals surface area contributed by atoms with Crippen LogP contribution in [0.25, 0.3) is 0 Å². The second-order valence-corrected chi connectivity index (χ2v) is 5.62. The molecule has 3 nitrogen and oxygen atoms in total. The Morgan fingerprint density at radius 1 is 1.24 bits per heavy atom. The molecule has 1 saturated heterocycles. The van der Waals surface area contributed by atoms with Gasteiger partial charge in [-0.25, -0.2) is 8.78 Å². The monoisotopic (exact) mass is 299 g/mol. The van der Waals surface area contributed by atoms with Crippen LogP contribution in [0.4, 0.5) is 8.78 Å². The van der Waals surface area contributed by atoms with Gasteiger partial charge in [-0.05, 0) is 26.5 Å². The van der Waals surface area contributed by atoms with Crippen molar-refractivity contribution >= 4 is 0 Å². The second kappa shape index (κ2) is 7.18. The van der Waals surface area contributed by atoms with Gasteiger partial charge in [0.2, 0.25) is 0 Å². The molecule has 5 heteroatoms. The minimum absolute atomic E-state index is 0.0828. The predicted octanol–water partition coefficient (Wildman–Crippen LogP) is 3.41. The summed E-state index contributed by atoms with van der Waals surface area (Å²) in [5, 5.41) is 3.08. The van der Waals surface area contributed by atoms with E-state index in [0.29, 0.717) is 24.9 Å². The third-order valence-electron chi connectivity index (χ3n) is 3.59. The maximum absolute atomic E-state index is 14.1. The Bertz CT molecular complexity index is 472. The second-order valence-electron chi connectivity index (χ2n) is 5.62. The van der Waals surface area contributed by atoms with Crippen molar-refractivity contribution < 1.29 is 18.3 Å². The van der Waals surface area contributed by atoms with Crippen LogP contribution in [0.2, 0.25) is 0 Å². The molecule has 0 spiro atoms. The van der Waals surface area contributed by atoms with E-state index >= 15 is 0 Å². The molecule has 1 heterocycles. The molecule has 0 aromatic heterocycles. The third-order valence-corrected chi connectivity index (χ3v) is 3.59. The summed E-state index contributed by atoms with van der Waals surface area (Å²) in [4.78, 5) is 0. The van der Waals surface area contributed by atoms with Crippen molar-refractivity contribution in [3.8, 4) is 5.75 Å². The van der Waals surface area contributed by atoms with E-state index in [1.807, 2.05) is 20.8 Å². The zero-order valence-corrected chi connectivity index (χ0v) is 12.8. The van der Waals surface area contributed by atoms with Crippen LogP contribution in [0, 0.1) is 11.6 Å². The van der Waals surface area contributed by atoms with Gasteiger partial charge in [0.15, 0.2) is 11.6 Å². The molecule has 1 fully saturated rings. The molecule has 1 aromatic rings. The highest BCUT2D eigenvalue weighted by atomic mass is 19.1. The molecule has 2 atom stereocenters. The smallest absolute Gasteiger partial charge is 0.168 e. The lowest BCUT2D eigenvalue weighted by molar-refractivity contribution is -0.0729. The summed E-state index contributed by atoms with van der Waals surface area (Å²) in [5.41, 5.74) is 0.515. The van der Waals surface area contributed by atoms with Crippen molar-refractivity contribution in [1.82, 2.24) is 5.32 Å². The van der Waals surface area contributed by atoms with E-state index in [-0.39, 0.29) is 24.1 Å². The fourth-order valence-electron chi connectivity index (χ4n) is 2.74. The maximum Gasteiger partial charge on any atom is 0.168 e. The Morgan fingerprint density at radius 3 is 2.52 bits per heavy atom. The lowest BCUT2D eigenvalue weighted by Crippen LogP contribution is -2.36. The number of benzene rings is 1. The third kappa shape index (κ3) is 4.38. The lowest BCUT2D eigenvalue weighted by Gasteiger charge is -2.32. The first kappa shape index (κ1) is 16.2. The summed E-state index contributed by atoms with van der Waals surface area (Å²) >= 11 is 0. The zero-order chi connectivity index (χ0) is 15.4. The van der Waals surface area contributed by atoms with Crippen LogP contribution in [-0.2, 0) is 11.3 Å². The summed E-state index contributed by atoms with van der Waals surface area (Å²) in [7, 11) is 0. The van der Waals surface area contributed by atoms with E-state index in [4.69, 9.17) is 9.47 Å². The van der Waals surface area contributed by atoms with E-state index in [1.54, 1.807) is 0 Å². The summed E-state index contributed by atoms with van der Waals surface area (Å²) in [6.45, 7) is 7.01. The summed E-state index contributed by atoms with van der Waals surface area (Å²) in [5.74, 6) is -1.07. The highest BCUT2D eigenvalue weighted by Gasteiger charge is 2.27. The minimum atomic E-state index is -0.644. The number of nitrogens with one attached hydrogen (secondary N) is 1. The fourth-order valence-corrected chi connectivity index (χ4v) is 2.74. The van der Waals surface area contributed by atoms with Crippen molar-refractivity contribution in [3.63, 3.8) is 0 Å². The first-order chi connectivity index (χ1) is 9.99. The molecule has 1 aromatic carbocycles. The Hall–Kier alpha value is -1.20. The van der Waals surface area contributed by atoms with Crippen molar-refractivity contribution in [1.29, 1.82) is 0 Å². The standard InChI is InChI=1S/C16H23F2NO2/c1-4-19-9-12-7-13(17)8-15(18)16(12)21-14-5-10(2)20-11(3)6-14/h7-8,10-11,14,19H,4-6,9H2,1-3H3. The van der Waals surface area contributed by atoms with Crippen LogP contribution in [0.1, 0.15) is 39.2 Å². The molecular weight excluding hydrogens is 276 g/mol. The van der Waals surface area contributed by atoms with E-state index in [1.165, 1.54) is 6.07 Å². The summed E-state index contributed by atoms with van der Waals surface area (Å²) in [6, 6.07) is 2.20. The molecule has 0 radical (unpaired) electrons. The van der Waals surface area contributed by atoms with E-state index in [0.717, 1.165) is 12.6 Å². The predicted molar refractivity (Wildman–Crippen MR) is 77.4 cm³/mol. The molecule has 0 saturated carbocycles. The molecule has 2 rings (SSSR count). The van der Waals surface area contributed by atoms with Gasteiger partial charge in [-0.1, -0.05) is 6.92 Å². The van der Waals surface area contributed by atoms with Gasteiger partial charge < -0.3 is 14.8 Å². The molecule has 2 unspecified atom stereocenters. The highest BCUT2D eigenvalue weighted by molar-refractivity contribution is 5.36. The van der Waals surface area contributed by atoms with Crippen LogP contribution < -0.4 is 10.1 Å². The first-order valence-corrected chi connectivity index (χ1v) is 7.50. The molecule has 0 bridgehead atoms. The lowest BCUT2D eigenvalue weighted by atomic mass is 10.0. The van der Waals surface area contributed by atoms with E-state index in [2.05, 4.69) is 5.32 Å². The fraction of sp³-hybridized carbons (Fsp3) is 0.625. The number of halogens is 2. The normalized spacial score (nSPS) is 25.9. The quantitative estimate of drug-likeness (QED) is 0.904. The minimum Gasteiger partial charge on any atom is -0.487 e. The molecular formula is C16H23F2NO2. The van der Waals surface area contributed by atoms with Crippen molar-refractivity contribution in [2.24, 2.45) is 0 Å². The summed E-state index contributed by atoms with van der Waals surface area (Å²) in [6.07, 6.45) is 1.48. The van der Waals surface area contributed by atoms with Crippen LogP contribution >= 0.6 is 0 Å². The number of hydrogen-bond acceptors (Lipinski definition) is 3. The number of rotatable bonds is 5. The van der Waals surface area contributed by atoms with Crippen molar-refractivity contribution in [2.75, 3.05) is 6.54 Å². The van der Waals surface area contributed by atoms with Gasteiger partial charge in [0, 0.05) is 31.0 Å². The van der Waals surface area contributed by atoms with Gasteiger partial charge in [-0.2, -0.15) is 0 Å². The van der Waals surface area contributed by atoms with Crippen LogP contribution in [0.3, 0.4) is 0 Å². The van der Waals surface area contributed by atoms with Gasteiger partial charge in [-0.3, -0.25) is 0 Å². The van der Waals surface area contributed by atoms with Gasteiger partial charge in [0.1, 0.15) is 11.9 Å². The average Bonchev–Trinajstić information content (AvgIpc) is 2.38. The molecule has 118 valence electrons. The maximum atomic E-state index is 14.1. The Kier molecular flexibility index (Phi) is 5.53. The van der Waals surface area contributed by atoms with E-state index in [9.17, 15) is 8.78 Å².